The summed E-state index contributed by atoms with van der Waals surface area (Å²) >= 11 is 0. The van der Waals surface area contributed by atoms with E-state index in [0.29, 0.717) is 24.0 Å². The highest BCUT2D eigenvalue weighted by Gasteiger charge is 2.21. The highest BCUT2D eigenvalue weighted by atomic mass is 19.1. The van der Waals surface area contributed by atoms with E-state index >= 15 is 0 Å². The average Bonchev–Trinajstić information content (AvgIpc) is 2.12. The second-order valence-electron chi connectivity index (χ2n) is 3.24. The number of halogens is 1. The van der Waals surface area contributed by atoms with Gasteiger partial charge in [0, 0.05) is 18.4 Å². The minimum absolute atomic E-state index is 0.0319. The fourth-order valence-corrected chi connectivity index (χ4v) is 1.67. The summed E-state index contributed by atoms with van der Waals surface area (Å²) in [5.41, 5.74) is 0.968. The number of carbonyl (C=O) groups is 1. The number of phenolic OH excluding ortho intramolecular Hbond substituents is 1. The zero-order chi connectivity index (χ0) is 9.42. The van der Waals surface area contributed by atoms with E-state index in [0.717, 1.165) is 0 Å². The van der Waals surface area contributed by atoms with Gasteiger partial charge in [0.2, 0.25) is 0 Å². The van der Waals surface area contributed by atoms with Crippen LogP contribution in [0.2, 0.25) is 0 Å². The van der Waals surface area contributed by atoms with Crippen molar-refractivity contribution in [3.05, 3.63) is 29.1 Å². The normalized spacial score (nSPS) is 15.6. The van der Waals surface area contributed by atoms with Crippen LogP contribution in [0.5, 0.6) is 5.75 Å². The molecule has 0 heterocycles. The molecule has 0 aliphatic heterocycles. The Morgan fingerprint density at radius 1 is 1.23 bits per heavy atom. The summed E-state index contributed by atoms with van der Waals surface area (Å²) in [5, 5.41) is 9.38. The lowest BCUT2D eigenvalue weighted by atomic mass is 9.90. The summed E-state index contributed by atoms with van der Waals surface area (Å²) in [7, 11) is 0. The molecule has 0 unspecified atom stereocenters. The first kappa shape index (κ1) is 8.23. The van der Waals surface area contributed by atoms with Crippen molar-refractivity contribution in [3.8, 4) is 5.75 Å². The fourth-order valence-electron chi connectivity index (χ4n) is 1.67. The third-order valence-corrected chi connectivity index (χ3v) is 2.38. The van der Waals surface area contributed by atoms with Gasteiger partial charge in [-0.1, -0.05) is 0 Å². The second kappa shape index (κ2) is 2.83. The summed E-state index contributed by atoms with van der Waals surface area (Å²) in [6.07, 6.45) is 0.959. The lowest BCUT2D eigenvalue weighted by molar-refractivity contribution is -0.118. The molecule has 1 aliphatic rings. The Kier molecular flexibility index (Phi) is 1.79. The van der Waals surface area contributed by atoms with E-state index in [1.165, 1.54) is 12.1 Å². The van der Waals surface area contributed by atoms with Gasteiger partial charge in [-0.2, -0.15) is 0 Å². The molecule has 0 aromatic heterocycles. The number of hydrogen-bond acceptors (Lipinski definition) is 2. The van der Waals surface area contributed by atoms with Crippen LogP contribution in [-0.4, -0.2) is 10.9 Å². The van der Waals surface area contributed by atoms with Gasteiger partial charge in [0.05, 0.1) is 0 Å². The van der Waals surface area contributed by atoms with Crippen molar-refractivity contribution in [3.63, 3.8) is 0 Å². The molecule has 1 aromatic carbocycles. The van der Waals surface area contributed by atoms with E-state index in [9.17, 15) is 14.3 Å². The maximum Gasteiger partial charge on any atom is 0.137 e. The minimum atomic E-state index is -0.319. The number of carbonyl (C=O) groups excluding carboxylic acids is 1. The van der Waals surface area contributed by atoms with Crippen molar-refractivity contribution in [1.29, 1.82) is 0 Å². The molecule has 0 spiro atoms. The van der Waals surface area contributed by atoms with Gasteiger partial charge in [-0.3, -0.25) is 4.79 Å². The predicted octanol–water partition coefficient (Wildman–Crippen LogP) is 1.59. The van der Waals surface area contributed by atoms with Crippen molar-refractivity contribution < 1.29 is 14.3 Å². The third kappa shape index (κ3) is 1.30. The first-order valence-corrected chi connectivity index (χ1v) is 4.19. The molecule has 68 valence electrons. The Bertz CT molecular complexity index is 371. The van der Waals surface area contributed by atoms with Gasteiger partial charge in [-0.05, 0) is 24.1 Å². The molecule has 3 heteroatoms. The van der Waals surface area contributed by atoms with Gasteiger partial charge >= 0.3 is 0 Å². The summed E-state index contributed by atoms with van der Waals surface area (Å²) in [6, 6.07) is 2.54. The van der Waals surface area contributed by atoms with E-state index in [2.05, 4.69) is 0 Å². The number of aromatic hydroxyl groups is 1. The average molecular weight is 180 g/mol. The number of Topliss-reactive ketones (excluding diaryl/α,β-unsaturated/α-hetero) is 1. The monoisotopic (exact) mass is 180 g/mol. The maximum absolute atomic E-state index is 13.2. The molecule has 0 atom stereocenters. The lowest BCUT2D eigenvalue weighted by Crippen LogP contribution is -2.14. The van der Waals surface area contributed by atoms with Gasteiger partial charge in [-0.25, -0.2) is 4.39 Å². The minimum Gasteiger partial charge on any atom is -0.508 e. The van der Waals surface area contributed by atoms with Crippen LogP contribution >= 0.6 is 0 Å². The number of ketones is 1. The quantitative estimate of drug-likeness (QED) is 0.658. The van der Waals surface area contributed by atoms with Crippen LogP contribution in [0.15, 0.2) is 12.1 Å². The van der Waals surface area contributed by atoms with Gasteiger partial charge in [0.15, 0.2) is 0 Å². The maximum atomic E-state index is 13.2. The van der Waals surface area contributed by atoms with Crippen molar-refractivity contribution in [2.45, 2.75) is 19.3 Å². The molecule has 0 amide bonds. The second-order valence-corrected chi connectivity index (χ2v) is 3.24. The molecule has 2 rings (SSSR count). The molecule has 0 fully saturated rings. The van der Waals surface area contributed by atoms with Crippen molar-refractivity contribution in [2.75, 3.05) is 0 Å². The first-order valence-electron chi connectivity index (χ1n) is 4.19. The predicted molar refractivity (Wildman–Crippen MR) is 45.1 cm³/mol. The topological polar surface area (TPSA) is 37.3 Å². The summed E-state index contributed by atoms with van der Waals surface area (Å²) < 4.78 is 13.2. The summed E-state index contributed by atoms with van der Waals surface area (Å²) in [4.78, 5) is 11.1. The van der Waals surface area contributed by atoms with Crippen LogP contribution in [0, 0.1) is 5.82 Å². The molecular weight excluding hydrogens is 171 g/mol. The van der Waals surface area contributed by atoms with Crippen molar-refractivity contribution >= 4 is 5.78 Å². The Morgan fingerprint density at radius 3 is 2.77 bits per heavy atom. The van der Waals surface area contributed by atoms with Crippen LogP contribution in [0.4, 0.5) is 4.39 Å². The molecule has 1 N–H and O–H groups in total. The van der Waals surface area contributed by atoms with Crippen LogP contribution in [-0.2, 0) is 17.6 Å². The zero-order valence-corrected chi connectivity index (χ0v) is 7.01. The van der Waals surface area contributed by atoms with Gasteiger partial charge in [0.25, 0.3) is 0 Å². The van der Waals surface area contributed by atoms with Crippen LogP contribution in [0.3, 0.4) is 0 Å². The Morgan fingerprint density at radius 2 is 2.00 bits per heavy atom. The molecule has 0 saturated heterocycles. The number of phenols is 1. The fraction of sp³-hybridized carbons (Fsp3) is 0.300. The van der Waals surface area contributed by atoms with Gasteiger partial charge in [-0.15, -0.1) is 0 Å². The first-order chi connectivity index (χ1) is 6.18. The van der Waals surface area contributed by atoms with Crippen LogP contribution < -0.4 is 0 Å². The van der Waals surface area contributed by atoms with Crippen molar-refractivity contribution in [2.24, 2.45) is 0 Å². The molecule has 13 heavy (non-hydrogen) atoms. The Labute approximate surface area is 75.0 Å². The van der Waals surface area contributed by atoms with Crippen LogP contribution in [0.1, 0.15) is 17.5 Å². The Balaban J connectivity index is 2.57. The largest absolute Gasteiger partial charge is 0.508 e. The van der Waals surface area contributed by atoms with Gasteiger partial charge in [0.1, 0.15) is 17.3 Å². The SMILES string of the molecule is O=C1CCc2c(F)ccc(O)c2C1. The highest BCUT2D eigenvalue weighted by Crippen LogP contribution is 2.29. The number of benzene rings is 1. The van der Waals surface area contributed by atoms with E-state index in [-0.39, 0.29) is 23.8 Å². The third-order valence-electron chi connectivity index (χ3n) is 2.38. The Hall–Kier alpha value is -1.38. The van der Waals surface area contributed by atoms with E-state index in [1.54, 1.807) is 0 Å². The number of fused-ring (bicyclic) bond motifs is 1. The molecule has 1 aliphatic carbocycles. The molecular formula is C10H9FO2. The van der Waals surface area contributed by atoms with Crippen molar-refractivity contribution in [1.82, 2.24) is 0 Å². The smallest absolute Gasteiger partial charge is 0.137 e. The molecule has 0 saturated carbocycles. The summed E-state index contributed by atoms with van der Waals surface area (Å²) in [5.74, 6) is -0.224. The van der Waals surface area contributed by atoms with E-state index in [1.807, 2.05) is 0 Å². The highest BCUT2D eigenvalue weighted by molar-refractivity contribution is 5.84. The van der Waals surface area contributed by atoms with Crippen LogP contribution in [0.25, 0.3) is 0 Å². The lowest BCUT2D eigenvalue weighted by Gasteiger charge is -2.16. The molecule has 1 aromatic rings. The summed E-state index contributed by atoms with van der Waals surface area (Å²) in [6.45, 7) is 0. The molecule has 2 nitrogen and oxygen atoms in total. The number of rotatable bonds is 0. The number of hydrogen-bond donors (Lipinski definition) is 1. The molecule has 0 radical (unpaired) electrons. The standard InChI is InChI=1S/C10H9FO2/c11-9-3-4-10(13)8-5-6(12)1-2-7(8)9/h3-4,13H,1-2,5H2. The van der Waals surface area contributed by atoms with Gasteiger partial charge < -0.3 is 5.11 Å². The molecule has 0 bridgehead atoms. The van der Waals surface area contributed by atoms with E-state index in [4.69, 9.17) is 0 Å². The zero-order valence-electron chi connectivity index (χ0n) is 7.01. The van der Waals surface area contributed by atoms with E-state index < -0.39 is 0 Å².